The van der Waals surface area contributed by atoms with E-state index in [1.54, 1.807) is 31.2 Å². The number of hydrogen-bond acceptors (Lipinski definition) is 5. The number of carbonyl (C=O) groups excluding carboxylic acids is 2. The van der Waals surface area contributed by atoms with Crippen LogP contribution in [-0.4, -0.2) is 43.6 Å². The van der Waals surface area contributed by atoms with Gasteiger partial charge in [-0.05, 0) is 40.6 Å². The van der Waals surface area contributed by atoms with Gasteiger partial charge in [0.05, 0.1) is 5.69 Å². The summed E-state index contributed by atoms with van der Waals surface area (Å²) in [5.41, 5.74) is 1.22. The van der Waals surface area contributed by atoms with Crippen molar-refractivity contribution in [2.75, 3.05) is 6.54 Å². The van der Waals surface area contributed by atoms with Crippen LogP contribution in [0.25, 0.3) is 11.8 Å². The molecule has 0 aliphatic carbocycles. The molecule has 0 saturated carbocycles. The van der Waals surface area contributed by atoms with Crippen molar-refractivity contribution < 1.29 is 9.59 Å². The zero-order valence-electron chi connectivity index (χ0n) is 15.2. The van der Waals surface area contributed by atoms with Crippen LogP contribution < -0.4 is 5.32 Å². The SMILES string of the molecule is C[C@]1(c2cccc(-n3cnnn3)c2)NC(=O)N(C/C=C/c2ccccc2)C1=O. The van der Waals surface area contributed by atoms with Gasteiger partial charge in [-0.25, -0.2) is 9.48 Å². The first-order valence-corrected chi connectivity index (χ1v) is 8.77. The maximum Gasteiger partial charge on any atom is 0.325 e. The van der Waals surface area contributed by atoms with Gasteiger partial charge in [0.1, 0.15) is 11.9 Å². The third-order valence-corrected chi connectivity index (χ3v) is 4.71. The Balaban J connectivity index is 1.56. The van der Waals surface area contributed by atoms with E-state index in [1.165, 1.54) is 15.9 Å². The summed E-state index contributed by atoms with van der Waals surface area (Å²) in [4.78, 5) is 26.7. The molecule has 1 aliphatic heterocycles. The summed E-state index contributed by atoms with van der Waals surface area (Å²) in [6, 6.07) is 16.5. The zero-order valence-corrected chi connectivity index (χ0v) is 15.2. The summed E-state index contributed by atoms with van der Waals surface area (Å²) in [7, 11) is 0. The van der Waals surface area contributed by atoms with Crippen LogP contribution in [0.4, 0.5) is 4.79 Å². The molecule has 1 saturated heterocycles. The number of hydrogen-bond donors (Lipinski definition) is 1. The number of carbonyl (C=O) groups is 2. The van der Waals surface area contributed by atoms with E-state index in [4.69, 9.17) is 0 Å². The average Bonchev–Trinajstić information content (AvgIpc) is 3.33. The predicted octanol–water partition coefficient (Wildman–Crippen LogP) is 2.14. The van der Waals surface area contributed by atoms with E-state index in [0.717, 1.165) is 5.56 Å². The number of aromatic nitrogens is 4. The third-order valence-electron chi connectivity index (χ3n) is 4.71. The first-order valence-electron chi connectivity index (χ1n) is 8.77. The Kier molecular flexibility index (Phi) is 4.44. The number of urea groups is 1. The molecule has 0 radical (unpaired) electrons. The van der Waals surface area contributed by atoms with Crippen LogP contribution in [0.5, 0.6) is 0 Å². The van der Waals surface area contributed by atoms with E-state index >= 15 is 0 Å². The van der Waals surface area contributed by atoms with Gasteiger partial charge in [-0.15, -0.1) is 5.10 Å². The van der Waals surface area contributed by atoms with Crippen molar-refractivity contribution in [1.29, 1.82) is 0 Å². The molecule has 1 N–H and O–H groups in total. The van der Waals surface area contributed by atoms with E-state index < -0.39 is 11.6 Å². The highest BCUT2D eigenvalue weighted by atomic mass is 16.2. The van der Waals surface area contributed by atoms with Crippen LogP contribution >= 0.6 is 0 Å². The molecule has 8 nitrogen and oxygen atoms in total. The predicted molar refractivity (Wildman–Crippen MR) is 102 cm³/mol. The van der Waals surface area contributed by atoms with Gasteiger partial charge in [0.15, 0.2) is 0 Å². The van der Waals surface area contributed by atoms with Crippen LogP contribution in [0.2, 0.25) is 0 Å². The molecule has 3 amide bonds. The van der Waals surface area contributed by atoms with Gasteiger partial charge in [0.25, 0.3) is 5.91 Å². The third kappa shape index (κ3) is 3.16. The molecule has 1 fully saturated rings. The molecule has 2 heterocycles. The standard InChI is InChI=1S/C20H18N6O2/c1-20(16-10-5-11-17(13-16)26-14-21-23-24-26)18(27)25(19(28)22-20)12-6-9-15-7-3-2-4-8-15/h2-11,13-14H,12H2,1H3,(H,22,28)/b9-6+/t20-/m1/s1. The van der Waals surface area contributed by atoms with E-state index in [9.17, 15) is 9.59 Å². The van der Waals surface area contributed by atoms with Gasteiger partial charge in [0.2, 0.25) is 0 Å². The summed E-state index contributed by atoms with van der Waals surface area (Å²) in [6.45, 7) is 1.90. The van der Waals surface area contributed by atoms with Crippen molar-refractivity contribution in [3.05, 3.63) is 78.1 Å². The fraction of sp³-hybridized carbons (Fsp3) is 0.150. The van der Waals surface area contributed by atoms with Crippen molar-refractivity contribution in [2.45, 2.75) is 12.5 Å². The Bertz CT molecular complexity index is 1030. The number of nitrogens with zero attached hydrogens (tertiary/aromatic N) is 5. The molecule has 3 aromatic rings. The minimum atomic E-state index is -1.15. The lowest BCUT2D eigenvalue weighted by Gasteiger charge is -2.22. The van der Waals surface area contributed by atoms with Crippen molar-refractivity contribution in [1.82, 2.24) is 30.4 Å². The van der Waals surface area contributed by atoms with Gasteiger partial charge in [-0.3, -0.25) is 9.69 Å². The number of benzene rings is 2. The maximum atomic E-state index is 13.0. The fourth-order valence-corrected chi connectivity index (χ4v) is 3.16. The molecule has 1 aromatic heterocycles. The van der Waals surface area contributed by atoms with Crippen LogP contribution in [0.1, 0.15) is 18.1 Å². The molecule has 2 aromatic carbocycles. The van der Waals surface area contributed by atoms with Crippen molar-refractivity contribution in [3.8, 4) is 5.69 Å². The summed E-state index contributed by atoms with van der Waals surface area (Å²) < 4.78 is 1.49. The largest absolute Gasteiger partial charge is 0.325 e. The second-order valence-electron chi connectivity index (χ2n) is 6.59. The Hall–Kier alpha value is -3.81. The molecule has 1 atom stereocenters. The number of rotatable bonds is 5. The molecule has 1 aliphatic rings. The normalized spacial score (nSPS) is 19.4. The van der Waals surface area contributed by atoms with Crippen molar-refractivity contribution in [2.24, 2.45) is 0 Å². The van der Waals surface area contributed by atoms with E-state index in [-0.39, 0.29) is 12.5 Å². The smallest absolute Gasteiger partial charge is 0.319 e. The van der Waals surface area contributed by atoms with E-state index in [2.05, 4.69) is 20.8 Å². The molecule has 4 rings (SSSR count). The highest BCUT2D eigenvalue weighted by molar-refractivity contribution is 6.07. The molecule has 0 spiro atoms. The average molecular weight is 374 g/mol. The van der Waals surface area contributed by atoms with Crippen LogP contribution in [0, 0.1) is 0 Å². The lowest BCUT2D eigenvalue weighted by Crippen LogP contribution is -2.41. The van der Waals surface area contributed by atoms with Gasteiger partial charge < -0.3 is 5.32 Å². The minimum Gasteiger partial charge on any atom is -0.319 e. The summed E-state index contributed by atoms with van der Waals surface area (Å²) >= 11 is 0. The Morgan fingerprint density at radius 3 is 2.68 bits per heavy atom. The Morgan fingerprint density at radius 2 is 1.93 bits per heavy atom. The number of nitrogens with one attached hydrogen (secondary N) is 1. The molecule has 28 heavy (non-hydrogen) atoms. The quantitative estimate of drug-likeness (QED) is 0.691. The van der Waals surface area contributed by atoms with Gasteiger partial charge in [-0.2, -0.15) is 0 Å². The number of tetrazole rings is 1. The highest BCUT2D eigenvalue weighted by Crippen LogP contribution is 2.29. The Morgan fingerprint density at radius 1 is 1.11 bits per heavy atom. The van der Waals surface area contributed by atoms with Crippen LogP contribution in [0.15, 0.2) is 67.0 Å². The molecular weight excluding hydrogens is 356 g/mol. The van der Waals surface area contributed by atoms with Crippen molar-refractivity contribution >= 4 is 18.0 Å². The second-order valence-corrected chi connectivity index (χ2v) is 6.59. The first-order chi connectivity index (χ1) is 13.6. The highest BCUT2D eigenvalue weighted by Gasteiger charge is 2.48. The summed E-state index contributed by atoms with van der Waals surface area (Å²) in [5, 5.41) is 13.9. The molecule has 0 bridgehead atoms. The topological polar surface area (TPSA) is 93.0 Å². The lowest BCUT2D eigenvalue weighted by molar-refractivity contribution is -0.130. The number of amides is 3. The van der Waals surface area contributed by atoms with Gasteiger partial charge in [0, 0.05) is 6.54 Å². The molecule has 0 unspecified atom stereocenters. The molecule has 140 valence electrons. The molecule has 8 heteroatoms. The molecular formula is C20H18N6O2. The van der Waals surface area contributed by atoms with Gasteiger partial charge >= 0.3 is 6.03 Å². The lowest BCUT2D eigenvalue weighted by atomic mass is 9.91. The zero-order chi connectivity index (χ0) is 19.6. The van der Waals surface area contributed by atoms with E-state index in [0.29, 0.717) is 11.3 Å². The monoisotopic (exact) mass is 374 g/mol. The summed E-state index contributed by atoms with van der Waals surface area (Å²) in [6.07, 6.45) is 5.15. The second kappa shape index (κ2) is 7.07. The van der Waals surface area contributed by atoms with Crippen LogP contribution in [0.3, 0.4) is 0 Å². The fourth-order valence-electron chi connectivity index (χ4n) is 3.16. The van der Waals surface area contributed by atoms with E-state index in [1.807, 2.05) is 42.5 Å². The van der Waals surface area contributed by atoms with Gasteiger partial charge in [-0.1, -0.05) is 54.6 Å². The summed E-state index contributed by atoms with van der Waals surface area (Å²) in [5.74, 6) is -0.302. The number of imide groups is 1. The Labute approximate surface area is 161 Å². The van der Waals surface area contributed by atoms with Crippen molar-refractivity contribution in [3.63, 3.8) is 0 Å². The van der Waals surface area contributed by atoms with Crippen LogP contribution in [-0.2, 0) is 10.3 Å². The minimum absolute atomic E-state index is 0.196. The first kappa shape index (κ1) is 17.6. The maximum absolute atomic E-state index is 13.0.